The van der Waals surface area contributed by atoms with Crippen molar-refractivity contribution >= 4 is 21.6 Å². The Balaban J connectivity index is 1.43. The third kappa shape index (κ3) is 4.74. The fourth-order valence-electron chi connectivity index (χ4n) is 3.76. The van der Waals surface area contributed by atoms with Gasteiger partial charge in [-0.25, -0.2) is 8.42 Å². The van der Waals surface area contributed by atoms with Gasteiger partial charge in [-0.05, 0) is 37.6 Å². The number of nitrogens with zero attached hydrogens (tertiary/aromatic N) is 3. The van der Waals surface area contributed by atoms with Gasteiger partial charge in [0.05, 0.1) is 4.90 Å². The van der Waals surface area contributed by atoms with Crippen LogP contribution in [0.4, 0.5) is 5.69 Å². The molecule has 0 radical (unpaired) electrons. The number of piperazine rings is 1. The number of hydrogen-bond donors (Lipinski definition) is 1. The Bertz CT molecular complexity index is 1180. The van der Waals surface area contributed by atoms with Crippen molar-refractivity contribution in [3.8, 4) is 0 Å². The van der Waals surface area contributed by atoms with Gasteiger partial charge in [-0.3, -0.25) is 9.69 Å². The van der Waals surface area contributed by atoms with Crippen LogP contribution in [0.5, 0.6) is 0 Å². The summed E-state index contributed by atoms with van der Waals surface area (Å²) < 4.78 is 33.0. The number of nitrogens with one attached hydrogen (secondary N) is 1. The van der Waals surface area contributed by atoms with Crippen molar-refractivity contribution in [2.24, 2.45) is 0 Å². The van der Waals surface area contributed by atoms with E-state index in [1.165, 1.54) is 22.0 Å². The predicted octanol–water partition coefficient (Wildman–Crippen LogP) is 3.05. The SMILES string of the molecule is Cc1noc(C)c1NC(=O)c1cccc(S(=O)(=O)N2CCN(Cc3ccccc3)CC2)c1. The molecular weight excluding hydrogens is 428 g/mol. The van der Waals surface area contributed by atoms with Gasteiger partial charge in [0.2, 0.25) is 10.0 Å². The molecule has 2 heterocycles. The summed E-state index contributed by atoms with van der Waals surface area (Å²) in [6.45, 7) is 6.35. The number of benzene rings is 2. The first-order chi connectivity index (χ1) is 15.3. The van der Waals surface area contributed by atoms with Crippen LogP contribution >= 0.6 is 0 Å². The second-order valence-corrected chi connectivity index (χ2v) is 9.78. The summed E-state index contributed by atoms with van der Waals surface area (Å²) in [5.41, 5.74) is 2.53. The molecule has 1 aliphatic heterocycles. The first-order valence-electron chi connectivity index (χ1n) is 10.5. The van der Waals surface area contributed by atoms with E-state index < -0.39 is 15.9 Å². The fraction of sp³-hybridized carbons (Fsp3) is 0.304. The molecule has 32 heavy (non-hydrogen) atoms. The number of anilines is 1. The first kappa shape index (κ1) is 22.2. The first-order valence-corrected chi connectivity index (χ1v) is 11.9. The van der Waals surface area contributed by atoms with Gasteiger partial charge >= 0.3 is 0 Å². The highest BCUT2D eigenvalue weighted by Gasteiger charge is 2.29. The van der Waals surface area contributed by atoms with Crippen LogP contribution in [0.25, 0.3) is 0 Å². The van der Waals surface area contributed by atoms with Crippen LogP contribution in [0.2, 0.25) is 0 Å². The summed E-state index contributed by atoms with van der Waals surface area (Å²) >= 11 is 0. The summed E-state index contributed by atoms with van der Waals surface area (Å²) in [4.78, 5) is 15.0. The Hall–Kier alpha value is -3.01. The van der Waals surface area contributed by atoms with E-state index in [4.69, 9.17) is 4.52 Å². The summed E-state index contributed by atoms with van der Waals surface area (Å²) in [5.74, 6) is 0.0807. The van der Waals surface area contributed by atoms with E-state index in [0.29, 0.717) is 43.3 Å². The molecule has 1 saturated heterocycles. The molecule has 3 aromatic rings. The Labute approximate surface area is 187 Å². The van der Waals surface area contributed by atoms with Crippen molar-refractivity contribution in [1.29, 1.82) is 0 Å². The third-order valence-electron chi connectivity index (χ3n) is 5.59. The standard InChI is InChI=1S/C23H26N4O4S/c1-17-22(18(2)31-25-17)24-23(28)20-9-6-10-21(15-20)32(29,30)27-13-11-26(12-14-27)16-19-7-4-3-5-8-19/h3-10,15H,11-14,16H2,1-2H3,(H,24,28). The zero-order valence-electron chi connectivity index (χ0n) is 18.1. The lowest BCUT2D eigenvalue weighted by Crippen LogP contribution is -2.48. The maximum Gasteiger partial charge on any atom is 0.255 e. The lowest BCUT2D eigenvalue weighted by Gasteiger charge is -2.34. The molecule has 8 nitrogen and oxygen atoms in total. The summed E-state index contributed by atoms with van der Waals surface area (Å²) in [6, 6.07) is 16.2. The Kier molecular flexibility index (Phi) is 6.40. The van der Waals surface area contributed by atoms with Gasteiger partial charge in [0.15, 0.2) is 5.76 Å². The summed E-state index contributed by atoms with van der Waals surface area (Å²) in [6.07, 6.45) is 0. The van der Waals surface area contributed by atoms with Gasteiger partial charge in [0.25, 0.3) is 5.91 Å². The van der Waals surface area contributed by atoms with Gasteiger partial charge in [0.1, 0.15) is 11.4 Å². The van der Waals surface area contributed by atoms with E-state index in [-0.39, 0.29) is 10.5 Å². The summed E-state index contributed by atoms with van der Waals surface area (Å²) in [7, 11) is -3.70. The van der Waals surface area contributed by atoms with Crippen LogP contribution in [0.1, 0.15) is 27.4 Å². The third-order valence-corrected chi connectivity index (χ3v) is 7.48. The molecule has 1 fully saturated rings. The van der Waals surface area contributed by atoms with Crippen LogP contribution in [0.15, 0.2) is 64.0 Å². The zero-order valence-corrected chi connectivity index (χ0v) is 18.9. The molecule has 1 amide bonds. The molecule has 0 aliphatic carbocycles. The molecule has 168 valence electrons. The van der Waals surface area contributed by atoms with Gasteiger partial charge in [-0.15, -0.1) is 0 Å². The number of hydrogen-bond acceptors (Lipinski definition) is 6. The number of carbonyl (C=O) groups is 1. The molecule has 1 aromatic heterocycles. The largest absolute Gasteiger partial charge is 0.359 e. The van der Waals surface area contributed by atoms with Gasteiger partial charge in [-0.2, -0.15) is 4.31 Å². The molecule has 0 spiro atoms. The van der Waals surface area contributed by atoms with Gasteiger partial charge in [0, 0.05) is 38.3 Å². The zero-order chi connectivity index (χ0) is 22.7. The van der Waals surface area contributed by atoms with E-state index in [1.54, 1.807) is 26.0 Å². The number of amides is 1. The highest BCUT2D eigenvalue weighted by Crippen LogP contribution is 2.22. The minimum atomic E-state index is -3.70. The van der Waals surface area contributed by atoms with Crippen LogP contribution in [-0.4, -0.2) is 54.9 Å². The predicted molar refractivity (Wildman–Crippen MR) is 121 cm³/mol. The minimum Gasteiger partial charge on any atom is -0.359 e. The minimum absolute atomic E-state index is 0.112. The number of sulfonamides is 1. The second kappa shape index (κ2) is 9.23. The van der Waals surface area contributed by atoms with Crippen molar-refractivity contribution in [2.45, 2.75) is 25.3 Å². The molecular formula is C23H26N4O4S. The Morgan fingerprint density at radius 2 is 1.75 bits per heavy atom. The van der Waals surface area contributed by atoms with Gasteiger partial charge < -0.3 is 9.84 Å². The van der Waals surface area contributed by atoms with Crippen molar-refractivity contribution in [3.63, 3.8) is 0 Å². The lowest BCUT2D eigenvalue weighted by molar-refractivity contribution is 0.102. The van der Waals surface area contributed by atoms with Crippen LogP contribution in [0, 0.1) is 13.8 Å². The molecule has 0 atom stereocenters. The molecule has 0 saturated carbocycles. The quantitative estimate of drug-likeness (QED) is 0.615. The molecule has 9 heteroatoms. The topological polar surface area (TPSA) is 95.8 Å². The van der Waals surface area contributed by atoms with Crippen LogP contribution in [0.3, 0.4) is 0 Å². The number of aromatic nitrogens is 1. The molecule has 0 unspecified atom stereocenters. The number of carbonyl (C=O) groups excluding carboxylic acids is 1. The molecule has 4 rings (SSSR count). The Morgan fingerprint density at radius 1 is 1.03 bits per heavy atom. The fourth-order valence-corrected chi connectivity index (χ4v) is 5.23. The van der Waals surface area contributed by atoms with Crippen molar-refractivity contribution < 1.29 is 17.7 Å². The Morgan fingerprint density at radius 3 is 2.41 bits per heavy atom. The van der Waals surface area contributed by atoms with Crippen LogP contribution < -0.4 is 5.32 Å². The second-order valence-electron chi connectivity index (χ2n) is 7.85. The number of rotatable bonds is 6. The van der Waals surface area contributed by atoms with E-state index in [0.717, 1.165) is 6.54 Å². The normalized spacial score (nSPS) is 15.6. The molecule has 2 aromatic carbocycles. The lowest BCUT2D eigenvalue weighted by atomic mass is 10.2. The highest BCUT2D eigenvalue weighted by molar-refractivity contribution is 7.89. The van der Waals surface area contributed by atoms with Crippen molar-refractivity contribution in [2.75, 3.05) is 31.5 Å². The van der Waals surface area contributed by atoms with E-state index >= 15 is 0 Å². The maximum atomic E-state index is 13.2. The molecule has 1 aliphatic rings. The maximum absolute atomic E-state index is 13.2. The monoisotopic (exact) mass is 454 g/mol. The molecule has 0 bridgehead atoms. The van der Waals surface area contributed by atoms with Crippen molar-refractivity contribution in [1.82, 2.24) is 14.4 Å². The van der Waals surface area contributed by atoms with Gasteiger partial charge in [-0.1, -0.05) is 41.6 Å². The number of aryl methyl sites for hydroxylation is 2. The summed E-state index contributed by atoms with van der Waals surface area (Å²) in [5, 5.41) is 6.57. The van der Waals surface area contributed by atoms with Crippen LogP contribution in [-0.2, 0) is 16.6 Å². The molecule has 1 N–H and O–H groups in total. The van der Waals surface area contributed by atoms with Crippen molar-refractivity contribution in [3.05, 3.63) is 77.2 Å². The van der Waals surface area contributed by atoms with E-state index in [1.807, 2.05) is 18.2 Å². The van der Waals surface area contributed by atoms with E-state index in [2.05, 4.69) is 27.5 Å². The highest BCUT2D eigenvalue weighted by atomic mass is 32.2. The smallest absolute Gasteiger partial charge is 0.255 e. The average molecular weight is 455 g/mol. The van der Waals surface area contributed by atoms with E-state index in [9.17, 15) is 13.2 Å². The average Bonchev–Trinajstić information content (AvgIpc) is 3.12.